The maximum atomic E-state index is 5.56. The van der Waals surface area contributed by atoms with Gasteiger partial charge in [0.15, 0.2) is 0 Å². The molecule has 0 radical (unpaired) electrons. The molecular weight excluding hydrogens is 276 g/mol. The van der Waals surface area contributed by atoms with Gasteiger partial charge in [0.25, 0.3) is 0 Å². The molecule has 0 amide bonds. The van der Waals surface area contributed by atoms with Crippen LogP contribution >= 0.6 is 0 Å². The van der Waals surface area contributed by atoms with Crippen LogP contribution in [-0.2, 0) is 19.6 Å². The predicted octanol–water partition coefficient (Wildman–Crippen LogP) is 3.17. The van der Waals surface area contributed by atoms with E-state index >= 15 is 0 Å². The summed E-state index contributed by atoms with van der Waals surface area (Å²) in [4.78, 5) is 2.50. The van der Waals surface area contributed by atoms with E-state index in [4.69, 9.17) is 9.15 Å². The molecule has 1 aliphatic heterocycles. The zero-order valence-electron chi connectivity index (χ0n) is 13.2. The van der Waals surface area contributed by atoms with E-state index in [1.54, 1.807) is 13.4 Å². The molecule has 0 atom stereocenters. The average Bonchev–Trinajstić information content (AvgIpc) is 3.22. The van der Waals surface area contributed by atoms with Crippen molar-refractivity contribution in [3.05, 3.63) is 53.5 Å². The first-order valence-corrected chi connectivity index (χ1v) is 7.96. The van der Waals surface area contributed by atoms with E-state index < -0.39 is 0 Å². The summed E-state index contributed by atoms with van der Waals surface area (Å²) in [5.41, 5.74) is 2.51. The Hall–Kier alpha value is -1.78. The largest absolute Gasteiger partial charge is 0.496 e. The average molecular weight is 300 g/mol. The highest BCUT2D eigenvalue weighted by molar-refractivity contribution is 5.37. The van der Waals surface area contributed by atoms with E-state index in [0.717, 1.165) is 31.1 Å². The number of furan rings is 1. The summed E-state index contributed by atoms with van der Waals surface area (Å²) in [6.07, 6.45) is 4.35. The van der Waals surface area contributed by atoms with Crippen LogP contribution in [-0.4, -0.2) is 25.1 Å². The van der Waals surface area contributed by atoms with Gasteiger partial charge in [-0.3, -0.25) is 4.90 Å². The molecule has 1 aromatic heterocycles. The van der Waals surface area contributed by atoms with Crippen LogP contribution < -0.4 is 10.1 Å². The topological polar surface area (TPSA) is 37.6 Å². The maximum absolute atomic E-state index is 5.56. The molecule has 22 heavy (non-hydrogen) atoms. The molecule has 0 spiro atoms. The number of ether oxygens (including phenoxy) is 1. The molecule has 0 unspecified atom stereocenters. The molecule has 1 aromatic carbocycles. The summed E-state index contributed by atoms with van der Waals surface area (Å²) in [5, 5.41) is 3.39. The number of methoxy groups -OCH3 is 1. The summed E-state index contributed by atoms with van der Waals surface area (Å²) in [6, 6.07) is 10.4. The summed E-state index contributed by atoms with van der Waals surface area (Å²) in [6.45, 7) is 4.96. The zero-order valence-corrected chi connectivity index (χ0v) is 13.2. The number of benzene rings is 1. The van der Waals surface area contributed by atoms with E-state index in [1.165, 1.54) is 37.1 Å². The van der Waals surface area contributed by atoms with Crippen LogP contribution in [0.5, 0.6) is 5.75 Å². The van der Waals surface area contributed by atoms with E-state index in [2.05, 4.69) is 28.4 Å². The maximum Gasteiger partial charge on any atom is 0.123 e. The number of hydrogen-bond acceptors (Lipinski definition) is 4. The molecule has 1 fully saturated rings. The molecule has 0 saturated carbocycles. The molecule has 2 heterocycles. The molecule has 4 nitrogen and oxygen atoms in total. The van der Waals surface area contributed by atoms with Gasteiger partial charge in [0, 0.05) is 18.7 Å². The van der Waals surface area contributed by atoms with Gasteiger partial charge >= 0.3 is 0 Å². The van der Waals surface area contributed by atoms with Crippen molar-refractivity contribution in [2.45, 2.75) is 32.5 Å². The zero-order chi connectivity index (χ0) is 15.2. The van der Waals surface area contributed by atoms with E-state index in [9.17, 15) is 0 Å². The normalized spacial score (nSPS) is 15.3. The SMILES string of the molecule is COc1cc(CN2CCCC2)ccc1CNCc1ccco1. The lowest BCUT2D eigenvalue weighted by molar-refractivity contribution is 0.330. The van der Waals surface area contributed by atoms with Crippen LogP contribution in [0.15, 0.2) is 41.0 Å². The lowest BCUT2D eigenvalue weighted by Crippen LogP contribution is -2.18. The Bertz CT molecular complexity index is 575. The number of nitrogens with zero attached hydrogens (tertiary/aromatic N) is 1. The number of hydrogen-bond donors (Lipinski definition) is 1. The Morgan fingerprint density at radius 3 is 2.77 bits per heavy atom. The Balaban J connectivity index is 1.58. The smallest absolute Gasteiger partial charge is 0.123 e. The van der Waals surface area contributed by atoms with E-state index in [1.807, 2.05) is 12.1 Å². The van der Waals surface area contributed by atoms with Gasteiger partial charge in [-0.15, -0.1) is 0 Å². The molecule has 0 bridgehead atoms. The fraction of sp³-hybridized carbons (Fsp3) is 0.444. The monoisotopic (exact) mass is 300 g/mol. The minimum atomic E-state index is 0.728. The molecular formula is C18H24N2O2. The van der Waals surface area contributed by atoms with Crippen molar-refractivity contribution >= 4 is 0 Å². The lowest BCUT2D eigenvalue weighted by atomic mass is 10.1. The first kappa shape index (κ1) is 15.1. The highest BCUT2D eigenvalue weighted by Crippen LogP contribution is 2.22. The van der Waals surface area contributed by atoms with Crippen LogP contribution in [0.1, 0.15) is 29.7 Å². The quantitative estimate of drug-likeness (QED) is 0.852. The van der Waals surface area contributed by atoms with Crippen molar-refractivity contribution in [1.82, 2.24) is 10.2 Å². The van der Waals surface area contributed by atoms with Crippen LogP contribution in [0.25, 0.3) is 0 Å². The highest BCUT2D eigenvalue weighted by atomic mass is 16.5. The standard InChI is InChI=1S/C18H24N2O2/c1-21-18-11-15(14-20-8-2-3-9-20)6-7-16(18)12-19-13-17-5-4-10-22-17/h4-7,10-11,19H,2-3,8-9,12-14H2,1H3. The fourth-order valence-corrected chi connectivity index (χ4v) is 2.97. The third-order valence-electron chi connectivity index (χ3n) is 4.15. The number of likely N-dealkylation sites (tertiary alicyclic amines) is 1. The summed E-state index contributed by atoms with van der Waals surface area (Å²) < 4.78 is 10.9. The second-order valence-electron chi connectivity index (χ2n) is 5.81. The lowest BCUT2D eigenvalue weighted by Gasteiger charge is -2.16. The van der Waals surface area contributed by atoms with Crippen molar-refractivity contribution in [1.29, 1.82) is 0 Å². The van der Waals surface area contributed by atoms with Gasteiger partial charge in [-0.2, -0.15) is 0 Å². The highest BCUT2D eigenvalue weighted by Gasteiger charge is 2.13. The van der Waals surface area contributed by atoms with Crippen molar-refractivity contribution in [3.8, 4) is 5.75 Å². The van der Waals surface area contributed by atoms with Gasteiger partial charge in [0.1, 0.15) is 11.5 Å². The van der Waals surface area contributed by atoms with Crippen LogP contribution in [0.3, 0.4) is 0 Å². The Labute approximate surface area is 132 Å². The van der Waals surface area contributed by atoms with Crippen LogP contribution in [0.4, 0.5) is 0 Å². The van der Waals surface area contributed by atoms with Gasteiger partial charge < -0.3 is 14.5 Å². The molecule has 1 N–H and O–H groups in total. The Morgan fingerprint density at radius 1 is 1.18 bits per heavy atom. The first-order chi connectivity index (χ1) is 10.8. The summed E-state index contributed by atoms with van der Waals surface area (Å²) in [7, 11) is 1.74. The van der Waals surface area contributed by atoms with Crippen molar-refractivity contribution in [2.75, 3.05) is 20.2 Å². The van der Waals surface area contributed by atoms with E-state index in [-0.39, 0.29) is 0 Å². The molecule has 0 aliphatic carbocycles. The van der Waals surface area contributed by atoms with Crippen molar-refractivity contribution < 1.29 is 9.15 Å². The molecule has 2 aromatic rings. The predicted molar refractivity (Wildman–Crippen MR) is 86.8 cm³/mol. The van der Waals surface area contributed by atoms with Gasteiger partial charge in [-0.1, -0.05) is 12.1 Å². The van der Waals surface area contributed by atoms with Gasteiger partial charge in [-0.05, 0) is 49.7 Å². The Kier molecular flexibility index (Phi) is 5.14. The van der Waals surface area contributed by atoms with Gasteiger partial charge in [0.2, 0.25) is 0 Å². The van der Waals surface area contributed by atoms with E-state index in [0.29, 0.717) is 0 Å². The van der Waals surface area contributed by atoms with Gasteiger partial charge in [-0.25, -0.2) is 0 Å². The first-order valence-electron chi connectivity index (χ1n) is 7.96. The van der Waals surface area contributed by atoms with Crippen molar-refractivity contribution in [2.24, 2.45) is 0 Å². The summed E-state index contributed by atoms with van der Waals surface area (Å²) in [5.74, 6) is 1.91. The molecule has 3 rings (SSSR count). The molecule has 4 heteroatoms. The third kappa shape index (κ3) is 3.90. The molecule has 1 saturated heterocycles. The fourth-order valence-electron chi connectivity index (χ4n) is 2.97. The Morgan fingerprint density at radius 2 is 2.05 bits per heavy atom. The molecule has 118 valence electrons. The van der Waals surface area contributed by atoms with Crippen LogP contribution in [0, 0.1) is 0 Å². The number of rotatable bonds is 7. The summed E-state index contributed by atoms with van der Waals surface area (Å²) >= 11 is 0. The third-order valence-corrected chi connectivity index (χ3v) is 4.15. The number of nitrogens with one attached hydrogen (secondary N) is 1. The van der Waals surface area contributed by atoms with Gasteiger partial charge in [0.05, 0.1) is 19.9 Å². The second-order valence-corrected chi connectivity index (χ2v) is 5.81. The second kappa shape index (κ2) is 7.47. The minimum Gasteiger partial charge on any atom is -0.496 e. The molecule has 1 aliphatic rings. The minimum absolute atomic E-state index is 0.728. The van der Waals surface area contributed by atoms with Crippen LogP contribution in [0.2, 0.25) is 0 Å². The van der Waals surface area contributed by atoms with Crippen molar-refractivity contribution in [3.63, 3.8) is 0 Å².